The molecule has 0 atom stereocenters. The van der Waals surface area contributed by atoms with E-state index in [0.29, 0.717) is 11.1 Å². The summed E-state index contributed by atoms with van der Waals surface area (Å²) in [5, 5.41) is 11.2. The Hall–Kier alpha value is -3.03. The Bertz CT molecular complexity index is 870. The number of tetrazole rings is 1. The maximum absolute atomic E-state index is 11.7. The van der Waals surface area contributed by atoms with E-state index < -0.39 is 11.6 Å². The van der Waals surface area contributed by atoms with Gasteiger partial charge in [0.05, 0.1) is 0 Å². The van der Waals surface area contributed by atoms with E-state index in [0.717, 1.165) is 10.9 Å². The van der Waals surface area contributed by atoms with Crippen molar-refractivity contribution < 1.29 is 13.9 Å². The van der Waals surface area contributed by atoms with Crippen molar-refractivity contribution in [2.24, 2.45) is 0 Å². The molecule has 0 aliphatic rings. The molecule has 8 heteroatoms. The molecule has 0 N–H and O–H groups in total. The van der Waals surface area contributed by atoms with Crippen molar-refractivity contribution >= 4 is 16.9 Å². The number of esters is 1. The maximum atomic E-state index is 11.7. The fraction of sp³-hybridized carbons (Fsp3) is 0.214. The minimum absolute atomic E-state index is 0.0217. The molecule has 0 bridgehead atoms. The SMILES string of the molecule is Cc1ccc2c(COC(=O)Cn3cnnn3)cc(=O)oc2c1. The molecular weight excluding hydrogens is 288 g/mol. The molecule has 3 aromatic rings. The number of rotatable bonds is 4. The molecule has 0 fully saturated rings. The van der Waals surface area contributed by atoms with Crippen LogP contribution in [0.3, 0.4) is 0 Å². The monoisotopic (exact) mass is 300 g/mol. The first-order chi connectivity index (χ1) is 10.6. The topological polar surface area (TPSA) is 100 Å². The molecule has 2 aromatic heterocycles. The van der Waals surface area contributed by atoms with Crippen LogP contribution >= 0.6 is 0 Å². The molecule has 22 heavy (non-hydrogen) atoms. The molecule has 8 nitrogen and oxygen atoms in total. The van der Waals surface area contributed by atoms with Crippen molar-refractivity contribution in [3.63, 3.8) is 0 Å². The van der Waals surface area contributed by atoms with Crippen LogP contribution in [0, 0.1) is 6.92 Å². The Labute approximate surface area is 124 Å². The Kier molecular flexibility index (Phi) is 3.65. The van der Waals surface area contributed by atoms with Gasteiger partial charge in [0.1, 0.15) is 25.1 Å². The van der Waals surface area contributed by atoms with E-state index in [4.69, 9.17) is 9.15 Å². The molecule has 112 valence electrons. The van der Waals surface area contributed by atoms with Gasteiger partial charge in [0.25, 0.3) is 0 Å². The van der Waals surface area contributed by atoms with Gasteiger partial charge in [0.15, 0.2) is 0 Å². The Morgan fingerprint density at radius 1 is 1.36 bits per heavy atom. The third-order valence-electron chi connectivity index (χ3n) is 3.06. The first kappa shape index (κ1) is 13.9. The van der Waals surface area contributed by atoms with Crippen LogP contribution in [0.2, 0.25) is 0 Å². The molecule has 0 spiro atoms. The molecule has 2 heterocycles. The van der Waals surface area contributed by atoms with Gasteiger partial charge in [0, 0.05) is 17.0 Å². The average Bonchev–Trinajstić information content (AvgIpc) is 2.97. The summed E-state index contributed by atoms with van der Waals surface area (Å²) in [7, 11) is 0. The van der Waals surface area contributed by atoms with Crippen molar-refractivity contribution in [2.45, 2.75) is 20.1 Å². The van der Waals surface area contributed by atoms with Gasteiger partial charge in [0.2, 0.25) is 0 Å². The minimum Gasteiger partial charge on any atom is -0.459 e. The molecule has 0 amide bonds. The lowest BCUT2D eigenvalue weighted by molar-refractivity contribution is -0.145. The number of fused-ring (bicyclic) bond motifs is 1. The van der Waals surface area contributed by atoms with E-state index in [-0.39, 0.29) is 13.2 Å². The third-order valence-corrected chi connectivity index (χ3v) is 3.06. The Morgan fingerprint density at radius 3 is 3.00 bits per heavy atom. The molecule has 0 saturated carbocycles. The number of carbonyl (C=O) groups is 1. The number of ether oxygens (including phenoxy) is 1. The first-order valence-electron chi connectivity index (χ1n) is 6.51. The second-order valence-corrected chi connectivity index (χ2v) is 4.76. The van der Waals surface area contributed by atoms with Crippen LogP contribution in [0.5, 0.6) is 0 Å². The zero-order valence-electron chi connectivity index (χ0n) is 11.7. The molecule has 0 aliphatic carbocycles. The summed E-state index contributed by atoms with van der Waals surface area (Å²) < 4.78 is 11.6. The number of hydrogen-bond acceptors (Lipinski definition) is 7. The first-order valence-corrected chi connectivity index (χ1v) is 6.51. The molecule has 0 unspecified atom stereocenters. The van der Waals surface area contributed by atoms with Crippen LogP contribution in [0.4, 0.5) is 0 Å². The third kappa shape index (κ3) is 3.00. The van der Waals surface area contributed by atoms with Gasteiger partial charge in [-0.3, -0.25) is 4.79 Å². The van der Waals surface area contributed by atoms with Gasteiger partial charge in [-0.2, -0.15) is 0 Å². The molecule has 3 rings (SSSR count). The Morgan fingerprint density at radius 2 is 2.23 bits per heavy atom. The van der Waals surface area contributed by atoms with Crippen molar-refractivity contribution in [3.8, 4) is 0 Å². The highest BCUT2D eigenvalue weighted by molar-refractivity contribution is 5.81. The molecule has 0 radical (unpaired) electrons. The predicted octanol–water partition coefficient (Wildman–Crippen LogP) is 0.831. The van der Waals surface area contributed by atoms with Crippen LogP contribution in [0.15, 0.2) is 39.8 Å². The summed E-state index contributed by atoms with van der Waals surface area (Å²) in [5.74, 6) is -0.499. The van der Waals surface area contributed by atoms with Crippen LogP contribution in [0.1, 0.15) is 11.1 Å². The highest BCUT2D eigenvalue weighted by Gasteiger charge is 2.10. The number of benzene rings is 1. The lowest BCUT2D eigenvalue weighted by Crippen LogP contribution is -2.14. The van der Waals surface area contributed by atoms with Crippen molar-refractivity contribution in [3.05, 3.63) is 52.1 Å². The number of aryl methyl sites for hydroxylation is 1. The van der Waals surface area contributed by atoms with Gasteiger partial charge in [-0.25, -0.2) is 9.48 Å². The van der Waals surface area contributed by atoms with Crippen LogP contribution < -0.4 is 5.63 Å². The highest BCUT2D eigenvalue weighted by Crippen LogP contribution is 2.19. The summed E-state index contributed by atoms with van der Waals surface area (Å²) in [6.45, 7) is 1.79. The fourth-order valence-corrected chi connectivity index (χ4v) is 2.05. The normalized spacial score (nSPS) is 10.8. The number of nitrogens with zero attached hydrogens (tertiary/aromatic N) is 4. The van der Waals surface area contributed by atoms with E-state index in [1.807, 2.05) is 19.1 Å². The van der Waals surface area contributed by atoms with E-state index in [1.165, 1.54) is 17.1 Å². The number of hydrogen-bond donors (Lipinski definition) is 0. The zero-order valence-corrected chi connectivity index (χ0v) is 11.7. The van der Waals surface area contributed by atoms with Crippen molar-refractivity contribution in [1.82, 2.24) is 20.2 Å². The molecular formula is C14H12N4O4. The van der Waals surface area contributed by atoms with Gasteiger partial charge < -0.3 is 9.15 Å². The van der Waals surface area contributed by atoms with E-state index >= 15 is 0 Å². The summed E-state index contributed by atoms with van der Waals surface area (Å²) >= 11 is 0. The summed E-state index contributed by atoms with van der Waals surface area (Å²) in [6, 6.07) is 6.82. The number of aromatic nitrogens is 4. The maximum Gasteiger partial charge on any atom is 0.336 e. The second kappa shape index (κ2) is 5.76. The lowest BCUT2D eigenvalue weighted by atomic mass is 10.1. The average molecular weight is 300 g/mol. The zero-order chi connectivity index (χ0) is 15.5. The van der Waals surface area contributed by atoms with Crippen LogP contribution in [-0.2, 0) is 22.7 Å². The quantitative estimate of drug-likeness (QED) is 0.519. The van der Waals surface area contributed by atoms with Gasteiger partial charge in [-0.05, 0) is 29.0 Å². The van der Waals surface area contributed by atoms with Gasteiger partial charge in [-0.1, -0.05) is 12.1 Å². The van der Waals surface area contributed by atoms with Gasteiger partial charge in [-0.15, -0.1) is 5.10 Å². The Balaban J connectivity index is 1.79. The van der Waals surface area contributed by atoms with Gasteiger partial charge >= 0.3 is 11.6 Å². The number of carbonyl (C=O) groups excluding carboxylic acids is 1. The largest absolute Gasteiger partial charge is 0.459 e. The molecule has 0 aliphatic heterocycles. The molecule has 1 aromatic carbocycles. The minimum atomic E-state index is -0.499. The second-order valence-electron chi connectivity index (χ2n) is 4.76. The van der Waals surface area contributed by atoms with Crippen LogP contribution in [-0.4, -0.2) is 26.2 Å². The summed E-state index contributed by atoms with van der Waals surface area (Å²) in [6.07, 6.45) is 1.32. The van der Waals surface area contributed by atoms with Crippen molar-refractivity contribution in [1.29, 1.82) is 0 Å². The van der Waals surface area contributed by atoms with E-state index in [1.54, 1.807) is 6.07 Å². The lowest BCUT2D eigenvalue weighted by Gasteiger charge is -2.07. The molecule has 0 saturated heterocycles. The van der Waals surface area contributed by atoms with E-state index in [2.05, 4.69) is 15.5 Å². The van der Waals surface area contributed by atoms with E-state index in [9.17, 15) is 9.59 Å². The smallest absolute Gasteiger partial charge is 0.336 e. The fourth-order valence-electron chi connectivity index (χ4n) is 2.05. The highest BCUT2D eigenvalue weighted by atomic mass is 16.5. The standard InChI is InChI=1S/C14H12N4O4/c1-9-2-3-11-10(5-13(19)22-12(11)4-9)7-21-14(20)6-18-8-15-16-17-18/h2-5,8H,6-7H2,1H3. The predicted molar refractivity (Wildman–Crippen MR) is 74.8 cm³/mol. The summed E-state index contributed by atoms with van der Waals surface area (Å²) in [4.78, 5) is 23.3. The van der Waals surface area contributed by atoms with Crippen LogP contribution in [0.25, 0.3) is 11.0 Å². The van der Waals surface area contributed by atoms with Crippen molar-refractivity contribution in [2.75, 3.05) is 0 Å². The summed E-state index contributed by atoms with van der Waals surface area (Å²) in [5.41, 5.74) is 1.56.